The molecular formula is C16H19ClN2O2. The van der Waals surface area contributed by atoms with Gasteiger partial charge in [0.05, 0.1) is 5.69 Å². The van der Waals surface area contributed by atoms with Crippen LogP contribution in [-0.2, 0) is 11.2 Å². The number of carbonyl (C=O) groups excluding carboxylic acids is 1. The van der Waals surface area contributed by atoms with Crippen LogP contribution in [0.2, 0.25) is 5.02 Å². The van der Waals surface area contributed by atoms with Crippen LogP contribution in [0.25, 0.3) is 10.9 Å². The number of carbonyl (C=O) groups is 1. The normalized spacial score (nSPS) is 15.1. The lowest BCUT2D eigenvalue weighted by atomic mass is 10.1. The van der Waals surface area contributed by atoms with Crippen LogP contribution in [0.4, 0.5) is 10.5 Å². The fourth-order valence-electron chi connectivity index (χ4n) is 2.72. The van der Waals surface area contributed by atoms with Gasteiger partial charge in [-0.05, 0) is 51.8 Å². The molecule has 2 heterocycles. The number of H-pyrrole nitrogens is 1. The average molecular weight is 307 g/mol. The summed E-state index contributed by atoms with van der Waals surface area (Å²) in [6.07, 6.45) is 1.55. The topological polar surface area (TPSA) is 45.3 Å². The molecule has 2 aromatic rings. The molecule has 1 amide bonds. The predicted molar refractivity (Wildman–Crippen MR) is 85.2 cm³/mol. The number of anilines is 1. The van der Waals surface area contributed by atoms with Gasteiger partial charge in [0.2, 0.25) is 0 Å². The summed E-state index contributed by atoms with van der Waals surface area (Å²) in [4.78, 5) is 17.6. The molecule has 21 heavy (non-hydrogen) atoms. The number of fused-ring (bicyclic) bond motifs is 3. The smallest absolute Gasteiger partial charge is 0.414 e. The molecule has 3 rings (SSSR count). The van der Waals surface area contributed by atoms with Crippen molar-refractivity contribution in [3.05, 3.63) is 28.9 Å². The van der Waals surface area contributed by atoms with Gasteiger partial charge in [0.15, 0.2) is 0 Å². The molecule has 1 N–H and O–H groups in total. The second kappa shape index (κ2) is 4.95. The van der Waals surface area contributed by atoms with Gasteiger partial charge in [0.1, 0.15) is 5.60 Å². The second-order valence-electron chi connectivity index (χ2n) is 6.38. The van der Waals surface area contributed by atoms with Crippen LogP contribution in [0.3, 0.4) is 0 Å². The Balaban J connectivity index is 2.06. The molecule has 0 spiro atoms. The molecule has 0 bridgehead atoms. The number of hydrogen-bond acceptors (Lipinski definition) is 2. The molecule has 112 valence electrons. The van der Waals surface area contributed by atoms with E-state index in [1.165, 1.54) is 0 Å². The van der Waals surface area contributed by atoms with E-state index in [2.05, 4.69) is 4.98 Å². The van der Waals surface area contributed by atoms with Gasteiger partial charge in [-0.2, -0.15) is 0 Å². The Hall–Kier alpha value is -1.68. The molecule has 0 saturated carbocycles. The van der Waals surface area contributed by atoms with Crippen LogP contribution in [-0.4, -0.2) is 23.2 Å². The van der Waals surface area contributed by atoms with Crippen LogP contribution in [0, 0.1) is 0 Å². The Bertz CT molecular complexity index is 700. The minimum Gasteiger partial charge on any atom is -0.443 e. The maximum atomic E-state index is 12.5. The molecule has 0 radical (unpaired) electrons. The van der Waals surface area contributed by atoms with Gasteiger partial charge in [-0.15, -0.1) is 0 Å². The maximum Gasteiger partial charge on any atom is 0.414 e. The van der Waals surface area contributed by atoms with Crippen molar-refractivity contribution in [2.45, 2.75) is 39.2 Å². The molecule has 0 unspecified atom stereocenters. The third-order valence-corrected chi connectivity index (χ3v) is 3.74. The number of amides is 1. The van der Waals surface area contributed by atoms with Gasteiger partial charge >= 0.3 is 6.09 Å². The van der Waals surface area contributed by atoms with Crippen molar-refractivity contribution in [2.24, 2.45) is 0 Å². The van der Waals surface area contributed by atoms with Crippen LogP contribution < -0.4 is 4.90 Å². The molecule has 0 saturated heterocycles. The summed E-state index contributed by atoms with van der Waals surface area (Å²) >= 11 is 6.10. The highest BCUT2D eigenvalue weighted by Gasteiger charge is 2.30. The highest BCUT2D eigenvalue weighted by atomic mass is 35.5. The first-order valence-electron chi connectivity index (χ1n) is 7.16. The summed E-state index contributed by atoms with van der Waals surface area (Å²) < 4.78 is 5.52. The van der Waals surface area contributed by atoms with Gasteiger partial charge in [-0.3, -0.25) is 4.90 Å². The first-order valence-corrected chi connectivity index (χ1v) is 7.53. The van der Waals surface area contributed by atoms with Crippen molar-refractivity contribution in [3.8, 4) is 0 Å². The highest BCUT2D eigenvalue weighted by molar-refractivity contribution is 6.31. The van der Waals surface area contributed by atoms with Crippen LogP contribution >= 0.6 is 11.6 Å². The van der Waals surface area contributed by atoms with Crippen molar-refractivity contribution in [3.63, 3.8) is 0 Å². The molecule has 0 atom stereocenters. The molecule has 4 nitrogen and oxygen atoms in total. The zero-order valence-corrected chi connectivity index (χ0v) is 13.3. The first-order chi connectivity index (χ1) is 9.85. The van der Waals surface area contributed by atoms with Crippen molar-refractivity contribution in [2.75, 3.05) is 11.4 Å². The first kappa shape index (κ1) is 14.3. The lowest BCUT2D eigenvalue weighted by molar-refractivity contribution is 0.0578. The van der Waals surface area contributed by atoms with E-state index in [1.54, 1.807) is 4.90 Å². The van der Waals surface area contributed by atoms with E-state index in [0.717, 1.165) is 35.1 Å². The number of halogens is 1. The maximum absolute atomic E-state index is 12.5. The Kier molecular flexibility index (Phi) is 3.36. The van der Waals surface area contributed by atoms with Gasteiger partial charge in [-0.25, -0.2) is 4.79 Å². The van der Waals surface area contributed by atoms with Gasteiger partial charge in [-0.1, -0.05) is 11.6 Å². The van der Waals surface area contributed by atoms with Crippen LogP contribution in [0.1, 0.15) is 32.9 Å². The monoisotopic (exact) mass is 306 g/mol. The van der Waals surface area contributed by atoms with Gasteiger partial charge in [0.25, 0.3) is 0 Å². The summed E-state index contributed by atoms with van der Waals surface area (Å²) in [6, 6.07) is 5.70. The van der Waals surface area contributed by atoms with E-state index >= 15 is 0 Å². The third-order valence-electron chi connectivity index (χ3n) is 3.50. The lowest BCUT2D eigenvalue weighted by Crippen LogP contribution is -2.39. The highest BCUT2D eigenvalue weighted by Crippen LogP contribution is 2.37. The summed E-state index contributed by atoms with van der Waals surface area (Å²) in [7, 11) is 0. The van der Waals surface area contributed by atoms with Crippen molar-refractivity contribution < 1.29 is 9.53 Å². The number of aryl methyl sites for hydroxylation is 1. The SMILES string of the molecule is CC(C)(C)OC(=O)N1CCCc2[nH]c3ccc(Cl)cc3c21. The Morgan fingerprint density at radius 2 is 2.14 bits per heavy atom. The van der Waals surface area contributed by atoms with Crippen molar-refractivity contribution >= 4 is 34.3 Å². The van der Waals surface area contributed by atoms with Crippen LogP contribution in [0.15, 0.2) is 18.2 Å². The molecule has 1 aromatic carbocycles. The quantitative estimate of drug-likeness (QED) is 0.778. The van der Waals surface area contributed by atoms with Crippen molar-refractivity contribution in [1.82, 2.24) is 4.98 Å². The second-order valence-corrected chi connectivity index (χ2v) is 6.81. The van der Waals surface area contributed by atoms with E-state index in [0.29, 0.717) is 11.6 Å². The molecule has 5 heteroatoms. The number of ether oxygens (including phenoxy) is 1. The van der Waals surface area contributed by atoms with E-state index < -0.39 is 5.60 Å². The molecule has 0 aliphatic carbocycles. The third kappa shape index (κ3) is 2.72. The molecule has 1 aliphatic heterocycles. The summed E-state index contributed by atoms with van der Waals surface area (Å²) in [5, 5.41) is 1.64. The Morgan fingerprint density at radius 1 is 1.38 bits per heavy atom. The molecule has 1 aromatic heterocycles. The number of hydrogen-bond donors (Lipinski definition) is 1. The fourth-order valence-corrected chi connectivity index (χ4v) is 2.89. The Labute approximate surface area is 129 Å². The zero-order chi connectivity index (χ0) is 15.2. The van der Waals surface area contributed by atoms with Crippen molar-refractivity contribution in [1.29, 1.82) is 0 Å². The lowest BCUT2D eigenvalue weighted by Gasteiger charge is -2.30. The van der Waals surface area contributed by atoms with E-state index in [4.69, 9.17) is 16.3 Å². The zero-order valence-electron chi connectivity index (χ0n) is 12.5. The summed E-state index contributed by atoms with van der Waals surface area (Å²) in [6.45, 7) is 6.30. The predicted octanol–water partition coefficient (Wildman–Crippen LogP) is 4.51. The van der Waals surface area contributed by atoms with Gasteiger partial charge in [0, 0.05) is 28.2 Å². The molecular weight excluding hydrogens is 288 g/mol. The number of nitrogens with one attached hydrogen (secondary N) is 1. The molecule has 0 fully saturated rings. The standard InChI is InChI=1S/C16H19ClN2O2/c1-16(2,3)21-15(20)19-8-4-5-13-14(19)11-9-10(17)6-7-12(11)18-13/h6-7,9,18H,4-5,8H2,1-3H3. The van der Waals surface area contributed by atoms with Crippen LogP contribution in [0.5, 0.6) is 0 Å². The molecule has 1 aliphatic rings. The largest absolute Gasteiger partial charge is 0.443 e. The van der Waals surface area contributed by atoms with E-state index in [9.17, 15) is 4.79 Å². The number of aromatic amines is 1. The Morgan fingerprint density at radius 3 is 2.86 bits per heavy atom. The number of nitrogens with zero attached hydrogens (tertiary/aromatic N) is 1. The summed E-state index contributed by atoms with van der Waals surface area (Å²) in [5.41, 5.74) is 2.48. The van der Waals surface area contributed by atoms with E-state index in [-0.39, 0.29) is 6.09 Å². The summed E-state index contributed by atoms with van der Waals surface area (Å²) in [5.74, 6) is 0. The van der Waals surface area contributed by atoms with E-state index in [1.807, 2.05) is 39.0 Å². The average Bonchev–Trinajstić information content (AvgIpc) is 2.74. The number of benzene rings is 1. The minimum atomic E-state index is -0.502. The number of rotatable bonds is 0. The van der Waals surface area contributed by atoms with Gasteiger partial charge < -0.3 is 9.72 Å². The number of aromatic nitrogens is 1. The fraction of sp³-hybridized carbons (Fsp3) is 0.438. The minimum absolute atomic E-state index is 0.302.